The number of nitrogens with zero attached hydrogens (tertiary/aromatic N) is 2. The molecule has 10 heteroatoms. The molecule has 0 bridgehead atoms. The number of anilines is 1. The molecule has 7 nitrogen and oxygen atoms in total. The van der Waals surface area contributed by atoms with Gasteiger partial charge in [-0.2, -0.15) is 8.42 Å². The summed E-state index contributed by atoms with van der Waals surface area (Å²) in [4.78, 5) is 20.5. The average Bonchev–Trinajstić information content (AvgIpc) is 3.30. The number of carbonyl (C=O) groups excluding carboxylic acids is 1. The number of amidine groups is 1. The number of para-hydroxylation sites is 2. The number of benzene rings is 4. The Bertz CT molecular complexity index is 1810. The molecule has 1 aliphatic rings. The van der Waals surface area contributed by atoms with Gasteiger partial charge in [0.15, 0.2) is 16.7 Å². The van der Waals surface area contributed by atoms with E-state index in [-0.39, 0.29) is 28.9 Å². The van der Waals surface area contributed by atoms with E-state index in [9.17, 15) is 13.2 Å². The van der Waals surface area contributed by atoms with E-state index in [0.29, 0.717) is 38.3 Å². The molecular weight excluding hydrogens is 604 g/mol. The van der Waals surface area contributed by atoms with Crippen LogP contribution in [0.1, 0.15) is 18.1 Å². The summed E-state index contributed by atoms with van der Waals surface area (Å²) in [7, 11) is -4.20. The molecule has 1 heterocycles. The molecule has 1 fully saturated rings. The Kier molecular flexibility index (Phi) is 9.35. The number of hydrogen-bond donors (Lipinski definition) is 0. The summed E-state index contributed by atoms with van der Waals surface area (Å²) in [5.74, 6) is 0.0426. The van der Waals surface area contributed by atoms with Crippen molar-refractivity contribution in [3.05, 3.63) is 131 Å². The highest BCUT2D eigenvalue weighted by atomic mass is 35.5. The van der Waals surface area contributed by atoms with Gasteiger partial charge >= 0.3 is 10.1 Å². The van der Waals surface area contributed by atoms with Crippen molar-refractivity contribution in [1.29, 1.82) is 0 Å². The van der Waals surface area contributed by atoms with Gasteiger partial charge < -0.3 is 8.92 Å². The van der Waals surface area contributed by atoms with Crippen molar-refractivity contribution in [2.75, 3.05) is 11.5 Å². The SMILES string of the molecule is C=CCc1cc(/C=C2/SC(=Nc3ccccc3)N(c3ccccc3)C2=O)cc(OCC)c1OS(=O)(=O)c1ccc(Cl)cc1. The highest BCUT2D eigenvalue weighted by Gasteiger charge is 2.35. The minimum absolute atomic E-state index is 0.0470. The Morgan fingerprint density at radius 3 is 2.30 bits per heavy atom. The third-order valence-electron chi connectivity index (χ3n) is 6.21. The van der Waals surface area contributed by atoms with Crippen LogP contribution in [0.3, 0.4) is 0 Å². The highest BCUT2D eigenvalue weighted by Crippen LogP contribution is 2.40. The normalized spacial score (nSPS) is 15.2. The minimum atomic E-state index is -4.20. The highest BCUT2D eigenvalue weighted by molar-refractivity contribution is 8.19. The Morgan fingerprint density at radius 2 is 1.65 bits per heavy atom. The molecule has 218 valence electrons. The van der Waals surface area contributed by atoms with Crippen LogP contribution in [-0.4, -0.2) is 26.1 Å². The number of rotatable bonds is 10. The lowest BCUT2D eigenvalue weighted by atomic mass is 10.0. The van der Waals surface area contributed by atoms with Gasteiger partial charge in [0.2, 0.25) is 0 Å². The van der Waals surface area contributed by atoms with Crippen LogP contribution in [0.5, 0.6) is 11.5 Å². The third kappa shape index (κ3) is 7.02. The van der Waals surface area contributed by atoms with Gasteiger partial charge in [-0.1, -0.05) is 54.1 Å². The number of hydrogen-bond acceptors (Lipinski definition) is 7. The van der Waals surface area contributed by atoms with Gasteiger partial charge in [0.25, 0.3) is 5.91 Å². The molecule has 0 saturated carbocycles. The van der Waals surface area contributed by atoms with Crippen LogP contribution < -0.4 is 13.8 Å². The van der Waals surface area contributed by atoms with E-state index in [0.717, 1.165) is 5.69 Å². The fraction of sp³-hybridized carbons (Fsp3) is 0.0909. The summed E-state index contributed by atoms with van der Waals surface area (Å²) in [6, 6.07) is 27.9. The van der Waals surface area contributed by atoms with Crippen LogP contribution in [0, 0.1) is 0 Å². The van der Waals surface area contributed by atoms with E-state index in [4.69, 9.17) is 25.5 Å². The molecule has 4 aromatic rings. The summed E-state index contributed by atoms with van der Waals surface area (Å²) in [6.45, 7) is 5.86. The van der Waals surface area contributed by atoms with Crippen molar-refractivity contribution in [2.45, 2.75) is 18.2 Å². The van der Waals surface area contributed by atoms with Crippen LogP contribution in [-0.2, 0) is 21.3 Å². The van der Waals surface area contributed by atoms with Crippen molar-refractivity contribution in [3.8, 4) is 11.5 Å². The van der Waals surface area contributed by atoms with E-state index < -0.39 is 10.1 Å². The topological polar surface area (TPSA) is 85.3 Å². The van der Waals surface area contributed by atoms with Crippen LogP contribution in [0.25, 0.3) is 6.08 Å². The lowest BCUT2D eigenvalue weighted by Gasteiger charge is -2.17. The van der Waals surface area contributed by atoms with E-state index >= 15 is 0 Å². The van der Waals surface area contributed by atoms with E-state index in [1.807, 2.05) is 60.7 Å². The quantitative estimate of drug-likeness (QED) is 0.100. The van der Waals surface area contributed by atoms with Crippen LogP contribution >= 0.6 is 23.4 Å². The van der Waals surface area contributed by atoms with Crippen LogP contribution in [0.2, 0.25) is 5.02 Å². The predicted molar refractivity (Wildman–Crippen MR) is 174 cm³/mol. The van der Waals surface area contributed by atoms with Crippen molar-refractivity contribution >= 4 is 62.0 Å². The molecule has 1 amide bonds. The monoisotopic (exact) mass is 630 g/mol. The molecule has 0 atom stereocenters. The predicted octanol–water partition coefficient (Wildman–Crippen LogP) is 8.04. The van der Waals surface area contributed by atoms with Gasteiger partial charge in [-0.15, -0.1) is 6.58 Å². The van der Waals surface area contributed by atoms with Crippen LogP contribution in [0.4, 0.5) is 11.4 Å². The second-order valence-corrected chi connectivity index (χ2v) is 12.2. The molecule has 4 aromatic carbocycles. The minimum Gasteiger partial charge on any atom is -0.490 e. The van der Waals surface area contributed by atoms with E-state index in [2.05, 4.69) is 6.58 Å². The van der Waals surface area contributed by atoms with Gasteiger partial charge in [-0.3, -0.25) is 9.69 Å². The smallest absolute Gasteiger partial charge is 0.339 e. The maximum Gasteiger partial charge on any atom is 0.339 e. The van der Waals surface area contributed by atoms with E-state index in [1.54, 1.807) is 36.1 Å². The van der Waals surface area contributed by atoms with Crippen molar-refractivity contribution in [3.63, 3.8) is 0 Å². The van der Waals surface area contributed by atoms with Crippen molar-refractivity contribution < 1.29 is 22.1 Å². The average molecular weight is 631 g/mol. The maximum absolute atomic E-state index is 13.8. The molecule has 5 rings (SSSR count). The van der Waals surface area contributed by atoms with E-state index in [1.165, 1.54) is 36.0 Å². The van der Waals surface area contributed by atoms with Gasteiger partial charge in [-0.05, 0) is 97.4 Å². The first-order chi connectivity index (χ1) is 20.8. The molecule has 0 N–H and O–H groups in total. The summed E-state index contributed by atoms with van der Waals surface area (Å²) < 4.78 is 37.8. The summed E-state index contributed by atoms with van der Waals surface area (Å²) in [5.41, 5.74) is 2.56. The van der Waals surface area contributed by atoms with Crippen LogP contribution in [0.15, 0.2) is 125 Å². The molecule has 0 aromatic heterocycles. The van der Waals surface area contributed by atoms with Crippen molar-refractivity contribution in [1.82, 2.24) is 0 Å². The molecule has 0 unspecified atom stereocenters. The number of ether oxygens (including phenoxy) is 1. The molecular formula is C33H27ClN2O5S2. The molecule has 1 aliphatic heterocycles. The Hall–Kier alpha value is -4.31. The summed E-state index contributed by atoms with van der Waals surface area (Å²) >= 11 is 7.19. The lowest BCUT2D eigenvalue weighted by molar-refractivity contribution is -0.113. The Labute approximate surface area is 260 Å². The third-order valence-corrected chi connectivity index (χ3v) is 8.67. The first-order valence-corrected chi connectivity index (χ1v) is 15.9. The van der Waals surface area contributed by atoms with Gasteiger partial charge in [0.05, 0.1) is 22.9 Å². The zero-order chi connectivity index (χ0) is 30.4. The van der Waals surface area contributed by atoms with Gasteiger partial charge in [0.1, 0.15) is 4.90 Å². The van der Waals surface area contributed by atoms with Gasteiger partial charge in [0, 0.05) is 10.6 Å². The number of aliphatic imine (C=N–C) groups is 1. The Morgan fingerprint density at radius 1 is 0.977 bits per heavy atom. The second kappa shape index (κ2) is 13.3. The molecule has 0 spiro atoms. The zero-order valence-electron chi connectivity index (χ0n) is 23.1. The molecule has 43 heavy (non-hydrogen) atoms. The fourth-order valence-corrected chi connectivity index (χ4v) is 6.41. The first kappa shape index (κ1) is 30.2. The second-order valence-electron chi connectivity index (χ2n) is 9.24. The molecule has 0 aliphatic carbocycles. The summed E-state index contributed by atoms with van der Waals surface area (Å²) in [6.07, 6.45) is 3.67. The fourth-order valence-electron chi connectivity index (χ4n) is 4.31. The zero-order valence-corrected chi connectivity index (χ0v) is 25.5. The number of halogens is 1. The molecule has 1 saturated heterocycles. The first-order valence-electron chi connectivity index (χ1n) is 13.3. The number of carbonyl (C=O) groups is 1. The number of allylic oxidation sites excluding steroid dienone is 1. The number of amides is 1. The largest absolute Gasteiger partial charge is 0.490 e. The lowest BCUT2D eigenvalue weighted by Crippen LogP contribution is -2.28. The number of thioether (sulfide) groups is 1. The molecule has 0 radical (unpaired) electrons. The standard InChI is InChI=1S/C33H27ClN2O5S2/c1-3-11-24-20-23(21-29(40-4-2)31(24)41-43(38,39)28-18-16-25(34)17-19-28)22-30-32(37)36(27-14-9-6-10-15-27)33(42-30)35-26-12-7-5-8-13-26/h3,5-10,12-22H,1,4,11H2,2H3/b30-22+,35-33?. The van der Waals surface area contributed by atoms with Crippen molar-refractivity contribution in [2.24, 2.45) is 4.99 Å². The van der Waals surface area contributed by atoms with Gasteiger partial charge in [-0.25, -0.2) is 4.99 Å². The summed E-state index contributed by atoms with van der Waals surface area (Å²) in [5, 5.41) is 0.917. The maximum atomic E-state index is 13.8. The Balaban J connectivity index is 1.56.